The molecule has 0 saturated carbocycles. The lowest BCUT2D eigenvalue weighted by atomic mass is 9.97. The van der Waals surface area contributed by atoms with Gasteiger partial charge in [-0.3, -0.25) is 9.59 Å². The van der Waals surface area contributed by atoms with E-state index in [1.165, 1.54) is 18.9 Å². The lowest BCUT2D eigenvalue weighted by Crippen LogP contribution is -2.41. The fourth-order valence-corrected chi connectivity index (χ4v) is 3.36. The number of ether oxygens (including phenoxy) is 1. The predicted octanol–water partition coefficient (Wildman–Crippen LogP) is 2.95. The van der Waals surface area contributed by atoms with E-state index in [1.54, 1.807) is 0 Å². The van der Waals surface area contributed by atoms with Crippen LogP contribution < -0.4 is 0 Å². The molecule has 1 aliphatic rings. The third kappa shape index (κ3) is 4.74. The van der Waals surface area contributed by atoms with Gasteiger partial charge in [0.1, 0.15) is 0 Å². The zero-order valence-electron chi connectivity index (χ0n) is 11.9. The maximum absolute atomic E-state index is 12.2. The van der Waals surface area contributed by atoms with Gasteiger partial charge in [0.25, 0.3) is 0 Å². The molecule has 4 nitrogen and oxygen atoms in total. The highest BCUT2D eigenvalue weighted by molar-refractivity contribution is 9.10. The minimum atomic E-state index is -0.161. The first-order valence-electron chi connectivity index (χ1n) is 6.84. The molecule has 1 fully saturated rings. The highest BCUT2D eigenvalue weighted by Crippen LogP contribution is 2.23. The number of likely N-dealkylation sites (tertiary alicyclic amines) is 1. The standard InChI is InChI=1S/C15H18BrNO3S/c1-20-15(19)11-6-8-17(9-7-11)14(18)10-21-13-4-2-12(16)3-5-13/h2-5,11H,6-10H2,1H3. The molecule has 21 heavy (non-hydrogen) atoms. The average molecular weight is 372 g/mol. The first-order chi connectivity index (χ1) is 10.1. The monoisotopic (exact) mass is 371 g/mol. The van der Waals surface area contributed by atoms with Gasteiger partial charge >= 0.3 is 5.97 Å². The number of thioether (sulfide) groups is 1. The van der Waals surface area contributed by atoms with Crippen LogP contribution in [0.5, 0.6) is 0 Å². The molecule has 1 aromatic rings. The van der Waals surface area contributed by atoms with Gasteiger partial charge in [-0.05, 0) is 37.1 Å². The van der Waals surface area contributed by atoms with Crippen LogP contribution in [0.3, 0.4) is 0 Å². The van der Waals surface area contributed by atoms with Crippen molar-refractivity contribution in [3.05, 3.63) is 28.7 Å². The van der Waals surface area contributed by atoms with Gasteiger partial charge in [-0.15, -0.1) is 11.8 Å². The fraction of sp³-hybridized carbons (Fsp3) is 0.467. The molecule has 1 heterocycles. The summed E-state index contributed by atoms with van der Waals surface area (Å²) in [6, 6.07) is 7.92. The van der Waals surface area contributed by atoms with E-state index in [4.69, 9.17) is 4.74 Å². The van der Waals surface area contributed by atoms with Crippen molar-refractivity contribution >= 4 is 39.6 Å². The Balaban J connectivity index is 1.77. The summed E-state index contributed by atoms with van der Waals surface area (Å²) in [5.41, 5.74) is 0. The average Bonchev–Trinajstić information content (AvgIpc) is 2.53. The van der Waals surface area contributed by atoms with Gasteiger partial charge in [0.15, 0.2) is 0 Å². The Hall–Kier alpha value is -1.01. The molecule has 1 amide bonds. The number of methoxy groups -OCH3 is 1. The van der Waals surface area contributed by atoms with E-state index in [9.17, 15) is 9.59 Å². The van der Waals surface area contributed by atoms with Gasteiger partial charge in [0.05, 0.1) is 18.8 Å². The number of piperidine rings is 1. The number of carbonyl (C=O) groups excluding carboxylic acids is 2. The van der Waals surface area contributed by atoms with Crippen LogP contribution >= 0.6 is 27.7 Å². The van der Waals surface area contributed by atoms with Crippen molar-refractivity contribution in [2.45, 2.75) is 17.7 Å². The molecule has 6 heteroatoms. The highest BCUT2D eigenvalue weighted by atomic mass is 79.9. The van der Waals surface area contributed by atoms with E-state index in [0.29, 0.717) is 31.7 Å². The Labute approximate surface area is 137 Å². The van der Waals surface area contributed by atoms with Crippen LogP contribution in [-0.4, -0.2) is 42.7 Å². The van der Waals surface area contributed by atoms with Crippen molar-refractivity contribution in [1.29, 1.82) is 0 Å². The minimum absolute atomic E-state index is 0.0572. The Morgan fingerprint density at radius 2 is 1.90 bits per heavy atom. The van der Waals surface area contributed by atoms with E-state index in [-0.39, 0.29) is 17.8 Å². The molecule has 0 spiro atoms. The highest BCUT2D eigenvalue weighted by Gasteiger charge is 2.27. The van der Waals surface area contributed by atoms with Gasteiger partial charge in [-0.2, -0.15) is 0 Å². The molecule has 0 N–H and O–H groups in total. The maximum atomic E-state index is 12.2. The predicted molar refractivity (Wildman–Crippen MR) is 86.2 cm³/mol. The Bertz CT molecular complexity index is 498. The number of amides is 1. The van der Waals surface area contributed by atoms with Crippen LogP contribution in [0.2, 0.25) is 0 Å². The van der Waals surface area contributed by atoms with Crippen LogP contribution in [0, 0.1) is 5.92 Å². The molecular weight excluding hydrogens is 354 g/mol. The zero-order valence-corrected chi connectivity index (χ0v) is 14.3. The number of benzene rings is 1. The number of esters is 1. The summed E-state index contributed by atoms with van der Waals surface area (Å²) in [6.45, 7) is 1.28. The molecule has 114 valence electrons. The third-order valence-corrected chi connectivity index (χ3v) is 5.08. The number of hydrogen-bond donors (Lipinski definition) is 0. The van der Waals surface area contributed by atoms with Crippen molar-refractivity contribution in [2.24, 2.45) is 5.92 Å². The van der Waals surface area contributed by atoms with Crippen LogP contribution in [0.1, 0.15) is 12.8 Å². The first kappa shape index (κ1) is 16.4. The Morgan fingerprint density at radius 3 is 2.48 bits per heavy atom. The van der Waals surface area contributed by atoms with E-state index in [0.717, 1.165) is 9.37 Å². The number of carbonyl (C=O) groups is 2. The number of rotatable bonds is 4. The van der Waals surface area contributed by atoms with Crippen LogP contribution in [0.4, 0.5) is 0 Å². The summed E-state index contributed by atoms with van der Waals surface area (Å²) in [5.74, 6) is 0.348. The van der Waals surface area contributed by atoms with Crippen molar-refractivity contribution in [2.75, 3.05) is 26.0 Å². The zero-order chi connectivity index (χ0) is 15.2. The molecule has 0 aromatic heterocycles. The van der Waals surface area contributed by atoms with Crippen molar-refractivity contribution < 1.29 is 14.3 Å². The van der Waals surface area contributed by atoms with Gasteiger partial charge in [-0.25, -0.2) is 0 Å². The Kier molecular flexibility index (Phi) is 6.11. The summed E-state index contributed by atoms with van der Waals surface area (Å²) >= 11 is 4.93. The van der Waals surface area contributed by atoms with Crippen molar-refractivity contribution in [3.8, 4) is 0 Å². The molecule has 0 unspecified atom stereocenters. The molecule has 0 bridgehead atoms. The second-order valence-electron chi connectivity index (χ2n) is 4.92. The Morgan fingerprint density at radius 1 is 1.29 bits per heavy atom. The topological polar surface area (TPSA) is 46.6 Å². The SMILES string of the molecule is COC(=O)C1CCN(C(=O)CSc2ccc(Br)cc2)CC1. The summed E-state index contributed by atoms with van der Waals surface area (Å²) in [4.78, 5) is 26.5. The second-order valence-corrected chi connectivity index (χ2v) is 6.89. The second kappa shape index (κ2) is 7.84. The summed E-state index contributed by atoms with van der Waals surface area (Å²) in [5, 5.41) is 0. The van der Waals surface area contributed by atoms with E-state index >= 15 is 0 Å². The van der Waals surface area contributed by atoms with Crippen LogP contribution in [0.25, 0.3) is 0 Å². The van der Waals surface area contributed by atoms with Crippen LogP contribution in [-0.2, 0) is 14.3 Å². The quantitative estimate of drug-likeness (QED) is 0.602. The summed E-state index contributed by atoms with van der Waals surface area (Å²) in [6.07, 6.45) is 1.39. The molecular formula is C15H18BrNO3S. The largest absolute Gasteiger partial charge is 0.469 e. The molecule has 0 aliphatic carbocycles. The molecule has 0 atom stereocenters. The molecule has 1 saturated heterocycles. The molecule has 0 radical (unpaired) electrons. The van der Waals surface area contributed by atoms with Gasteiger partial charge < -0.3 is 9.64 Å². The number of hydrogen-bond acceptors (Lipinski definition) is 4. The van der Waals surface area contributed by atoms with Gasteiger partial charge in [-0.1, -0.05) is 15.9 Å². The number of nitrogens with zero attached hydrogens (tertiary/aromatic N) is 1. The molecule has 1 aliphatic heterocycles. The fourth-order valence-electron chi connectivity index (χ4n) is 2.30. The normalized spacial score (nSPS) is 15.8. The maximum Gasteiger partial charge on any atom is 0.308 e. The van der Waals surface area contributed by atoms with E-state index < -0.39 is 0 Å². The van der Waals surface area contributed by atoms with E-state index in [1.807, 2.05) is 29.2 Å². The summed E-state index contributed by atoms with van der Waals surface area (Å²) in [7, 11) is 1.41. The van der Waals surface area contributed by atoms with Crippen molar-refractivity contribution in [3.63, 3.8) is 0 Å². The summed E-state index contributed by atoms with van der Waals surface area (Å²) < 4.78 is 5.78. The lowest BCUT2D eigenvalue weighted by molar-refractivity contribution is -0.148. The van der Waals surface area contributed by atoms with Crippen LogP contribution in [0.15, 0.2) is 33.6 Å². The van der Waals surface area contributed by atoms with Crippen molar-refractivity contribution in [1.82, 2.24) is 4.90 Å². The minimum Gasteiger partial charge on any atom is -0.469 e. The molecule has 2 rings (SSSR count). The van der Waals surface area contributed by atoms with E-state index in [2.05, 4.69) is 15.9 Å². The smallest absolute Gasteiger partial charge is 0.308 e. The van der Waals surface area contributed by atoms with Gasteiger partial charge in [0, 0.05) is 22.5 Å². The first-order valence-corrected chi connectivity index (χ1v) is 8.62. The number of halogens is 1. The van der Waals surface area contributed by atoms with Gasteiger partial charge in [0.2, 0.25) is 5.91 Å². The molecule has 1 aromatic carbocycles. The third-order valence-electron chi connectivity index (χ3n) is 3.56. The lowest BCUT2D eigenvalue weighted by Gasteiger charge is -2.30.